The summed E-state index contributed by atoms with van der Waals surface area (Å²) in [7, 11) is 0. The van der Waals surface area contributed by atoms with E-state index >= 15 is 0 Å². The highest BCUT2D eigenvalue weighted by Gasteiger charge is 2.19. The number of ether oxygens (including phenoxy) is 1. The molecule has 0 bridgehead atoms. The largest absolute Gasteiger partial charge is 0.393 e. The molecule has 1 fully saturated rings. The van der Waals surface area contributed by atoms with Crippen LogP contribution in [0.25, 0.3) is 0 Å². The van der Waals surface area contributed by atoms with Gasteiger partial charge in [0.05, 0.1) is 12.7 Å². The highest BCUT2D eigenvalue weighted by Crippen LogP contribution is 2.17. The van der Waals surface area contributed by atoms with E-state index in [1.165, 1.54) is 0 Å². The van der Waals surface area contributed by atoms with Gasteiger partial charge in [0.2, 0.25) is 0 Å². The van der Waals surface area contributed by atoms with Gasteiger partial charge >= 0.3 is 0 Å². The molecular weight excluding hydrogens is 135 g/mol. The Balaban J connectivity index is 2.11. The first-order valence-corrected chi connectivity index (χ1v) is 3.69. The van der Waals surface area contributed by atoms with Crippen LogP contribution < -0.4 is 0 Å². The zero-order chi connectivity index (χ0) is 7.40. The number of halogens is 1. The zero-order valence-corrected chi connectivity index (χ0v) is 5.92. The van der Waals surface area contributed by atoms with Crippen molar-refractivity contribution in [3.63, 3.8) is 0 Å². The van der Waals surface area contributed by atoms with Crippen LogP contribution in [0.1, 0.15) is 19.3 Å². The monoisotopic (exact) mass is 148 g/mol. The van der Waals surface area contributed by atoms with E-state index in [0.717, 1.165) is 19.4 Å². The summed E-state index contributed by atoms with van der Waals surface area (Å²) in [4.78, 5) is 0. The van der Waals surface area contributed by atoms with Crippen LogP contribution in [0.3, 0.4) is 0 Å². The second-order valence-corrected chi connectivity index (χ2v) is 2.65. The molecule has 1 aliphatic rings. The van der Waals surface area contributed by atoms with Gasteiger partial charge in [0.1, 0.15) is 6.17 Å². The molecule has 60 valence electrons. The topological polar surface area (TPSA) is 29.5 Å². The van der Waals surface area contributed by atoms with Crippen LogP contribution >= 0.6 is 0 Å². The molecule has 0 radical (unpaired) electrons. The summed E-state index contributed by atoms with van der Waals surface area (Å²) in [5, 5.41) is 8.36. The first-order chi connectivity index (χ1) is 4.83. The summed E-state index contributed by atoms with van der Waals surface area (Å²) in [6, 6.07) is 0. The molecular formula is C7H13FO2. The van der Waals surface area contributed by atoms with Crippen molar-refractivity contribution in [2.24, 2.45) is 0 Å². The Hall–Kier alpha value is -0.150. The lowest BCUT2D eigenvalue weighted by molar-refractivity contribution is 0.0638. The number of hydrogen-bond acceptors (Lipinski definition) is 2. The average molecular weight is 148 g/mol. The maximum absolute atomic E-state index is 12.5. The SMILES string of the molecule is OCC(F)CC1CCCO1. The van der Waals surface area contributed by atoms with E-state index in [1.54, 1.807) is 0 Å². The van der Waals surface area contributed by atoms with Crippen LogP contribution in [-0.4, -0.2) is 30.6 Å². The summed E-state index contributed by atoms with van der Waals surface area (Å²) < 4.78 is 17.6. The Morgan fingerprint density at radius 2 is 2.50 bits per heavy atom. The number of aliphatic hydroxyl groups is 1. The number of rotatable bonds is 3. The standard InChI is InChI=1S/C7H13FO2/c8-6(5-9)4-7-2-1-3-10-7/h6-7,9H,1-5H2. The van der Waals surface area contributed by atoms with E-state index in [-0.39, 0.29) is 12.7 Å². The molecule has 0 amide bonds. The van der Waals surface area contributed by atoms with E-state index in [1.807, 2.05) is 0 Å². The fourth-order valence-corrected chi connectivity index (χ4v) is 1.19. The molecule has 1 heterocycles. The maximum atomic E-state index is 12.5. The summed E-state index contributed by atoms with van der Waals surface area (Å²) in [6.45, 7) is 0.378. The second kappa shape index (κ2) is 3.88. The van der Waals surface area contributed by atoms with Crippen molar-refractivity contribution in [3.8, 4) is 0 Å². The first kappa shape index (κ1) is 7.95. The van der Waals surface area contributed by atoms with Gasteiger partial charge in [-0.15, -0.1) is 0 Å². The minimum absolute atomic E-state index is 0.0575. The van der Waals surface area contributed by atoms with E-state index < -0.39 is 6.17 Å². The van der Waals surface area contributed by atoms with Crippen LogP contribution in [0.4, 0.5) is 4.39 Å². The third-order valence-corrected chi connectivity index (χ3v) is 1.74. The van der Waals surface area contributed by atoms with Crippen molar-refractivity contribution in [2.45, 2.75) is 31.5 Å². The molecule has 2 unspecified atom stereocenters. The van der Waals surface area contributed by atoms with E-state index in [9.17, 15) is 4.39 Å². The molecule has 0 spiro atoms. The van der Waals surface area contributed by atoms with Gasteiger partial charge in [0, 0.05) is 13.0 Å². The van der Waals surface area contributed by atoms with E-state index in [4.69, 9.17) is 9.84 Å². The van der Waals surface area contributed by atoms with Gasteiger partial charge in [-0.25, -0.2) is 4.39 Å². The lowest BCUT2D eigenvalue weighted by Gasteiger charge is -2.10. The first-order valence-electron chi connectivity index (χ1n) is 3.69. The van der Waals surface area contributed by atoms with Gasteiger partial charge in [0.15, 0.2) is 0 Å². The molecule has 0 aromatic carbocycles. The molecule has 2 atom stereocenters. The third kappa shape index (κ3) is 2.23. The fourth-order valence-electron chi connectivity index (χ4n) is 1.19. The molecule has 0 aromatic rings. The fraction of sp³-hybridized carbons (Fsp3) is 1.00. The molecule has 0 aliphatic carbocycles. The summed E-state index contributed by atoms with van der Waals surface area (Å²) in [5.41, 5.74) is 0. The second-order valence-electron chi connectivity index (χ2n) is 2.65. The van der Waals surface area contributed by atoms with Crippen LogP contribution in [-0.2, 0) is 4.74 Å². The predicted molar refractivity (Wildman–Crippen MR) is 35.6 cm³/mol. The van der Waals surface area contributed by atoms with Gasteiger partial charge in [0.25, 0.3) is 0 Å². The van der Waals surface area contributed by atoms with E-state index in [2.05, 4.69) is 0 Å². The molecule has 1 rings (SSSR count). The Bertz CT molecular complexity index is 91.6. The van der Waals surface area contributed by atoms with Crippen LogP contribution in [0.15, 0.2) is 0 Å². The van der Waals surface area contributed by atoms with Gasteiger partial charge in [-0.05, 0) is 12.8 Å². The van der Waals surface area contributed by atoms with Crippen molar-refractivity contribution in [1.29, 1.82) is 0 Å². The van der Waals surface area contributed by atoms with Crippen molar-refractivity contribution >= 4 is 0 Å². The highest BCUT2D eigenvalue weighted by molar-refractivity contribution is 4.68. The molecule has 1 N–H and O–H groups in total. The highest BCUT2D eigenvalue weighted by atomic mass is 19.1. The molecule has 1 saturated heterocycles. The van der Waals surface area contributed by atoms with Crippen molar-refractivity contribution in [1.82, 2.24) is 0 Å². The normalized spacial score (nSPS) is 28.8. The summed E-state index contributed by atoms with van der Waals surface area (Å²) in [6.07, 6.45) is 1.30. The minimum atomic E-state index is -1.09. The lowest BCUT2D eigenvalue weighted by atomic mass is 10.1. The van der Waals surface area contributed by atoms with Gasteiger partial charge < -0.3 is 9.84 Å². The van der Waals surface area contributed by atoms with Crippen molar-refractivity contribution < 1.29 is 14.2 Å². The Morgan fingerprint density at radius 3 is 3.00 bits per heavy atom. The Labute approximate surface area is 60.0 Å². The molecule has 0 aromatic heterocycles. The molecule has 10 heavy (non-hydrogen) atoms. The number of alkyl halides is 1. The Kier molecular flexibility index (Phi) is 3.09. The molecule has 1 aliphatic heterocycles. The van der Waals surface area contributed by atoms with Crippen LogP contribution in [0, 0.1) is 0 Å². The predicted octanol–water partition coefficient (Wildman–Crippen LogP) is 0.886. The lowest BCUT2D eigenvalue weighted by Crippen LogP contribution is -2.16. The van der Waals surface area contributed by atoms with E-state index in [0.29, 0.717) is 6.42 Å². The van der Waals surface area contributed by atoms with Crippen LogP contribution in [0.2, 0.25) is 0 Å². The van der Waals surface area contributed by atoms with Crippen LogP contribution in [0.5, 0.6) is 0 Å². The molecule has 2 nitrogen and oxygen atoms in total. The third-order valence-electron chi connectivity index (χ3n) is 1.74. The van der Waals surface area contributed by atoms with Crippen molar-refractivity contribution in [3.05, 3.63) is 0 Å². The number of hydrogen-bond donors (Lipinski definition) is 1. The average Bonchev–Trinajstić information content (AvgIpc) is 2.40. The minimum Gasteiger partial charge on any atom is -0.393 e. The maximum Gasteiger partial charge on any atom is 0.126 e. The Morgan fingerprint density at radius 1 is 1.70 bits per heavy atom. The van der Waals surface area contributed by atoms with Crippen molar-refractivity contribution in [2.75, 3.05) is 13.2 Å². The summed E-state index contributed by atoms with van der Waals surface area (Å²) in [5.74, 6) is 0. The molecule has 0 saturated carbocycles. The zero-order valence-electron chi connectivity index (χ0n) is 5.92. The van der Waals surface area contributed by atoms with Gasteiger partial charge in [-0.1, -0.05) is 0 Å². The van der Waals surface area contributed by atoms with Gasteiger partial charge in [-0.2, -0.15) is 0 Å². The molecule has 3 heteroatoms. The quantitative estimate of drug-likeness (QED) is 0.644. The number of aliphatic hydroxyl groups excluding tert-OH is 1. The van der Waals surface area contributed by atoms with Gasteiger partial charge in [-0.3, -0.25) is 0 Å². The summed E-state index contributed by atoms with van der Waals surface area (Å²) >= 11 is 0. The smallest absolute Gasteiger partial charge is 0.126 e.